The lowest BCUT2D eigenvalue weighted by atomic mass is 9.92. The van der Waals surface area contributed by atoms with Gasteiger partial charge in [0, 0.05) is 39.0 Å². The molecule has 9 rings (SSSR count). The monoisotopic (exact) mass is 650 g/mol. The van der Waals surface area contributed by atoms with Crippen molar-refractivity contribution in [2.75, 3.05) is 0 Å². The van der Waals surface area contributed by atoms with Crippen LogP contribution in [0.2, 0.25) is 0 Å². The van der Waals surface area contributed by atoms with Crippen molar-refractivity contribution >= 4 is 43.6 Å². The Balaban J connectivity index is 1.31. The average Bonchev–Trinajstić information content (AvgIpc) is 3.79. The number of hydrogen-bond donors (Lipinski definition) is 0. The van der Waals surface area contributed by atoms with Crippen molar-refractivity contribution in [1.82, 2.24) is 28.9 Å². The molecule has 0 amide bonds. The van der Waals surface area contributed by atoms with E-state index >= 15 is 0 Å². The summed E-state index contributed by atoms with van der Waals surface area (Å²) in [4.78, 5) is 4.78. The molecule has 50 heavy (non-hydrogen) atoms. The fourth-order valence-corrected chi connectivity index (χ4v) is 7.81. The molecule has 0 aliphatic heterocycles. The molecule has 4 heterocycles. The van der Waals surface area contributed by atoms with Gasteiger partial charge in [0.2, 0.25) is 0 Å². The maximum absolute atomic E-state index is 4.81. The van der Waals surface area contributed by atoms with Crippen molar-refractivity contribution in [1.29, 1.82) is 0 Å². The number of hydrogen-bond acceptors (Lipinski definition) is 3. The average molecular weight is 651 g/mol. The zero-order valence-electron chi connectivity index (χ0n) is 29.0. The van der Waals surface area contributed by atoms with Crippen molar-refractivity contribution in [2.45, 2.75) is 46.5 Å². The number of aryl methyl sites for hydroxylation is 1. The van der Waals surface area contributed by atoms with Crippen LogP contribution in [0.1, 0.15) is 56.5 Å². The van der Waals surface area contributed by atoms with Crippen molar-refractivity contribution in [3.8, 4) is 28.6 Å². The van der Waals surface area contributed by atoms with Crippen LogP contribution in [0.4, 0.5) is 0 Å². The summed E-state index contributed by atoms with van der Waals surface area (Å²) in [5.74, 6) is 3.32. The van der Waals surface area contributed by atoms with Crippen LogP contribution in [-0.4, -0.2) is 28.9 Å². The molecule has 0 unspecified atom stereocenters. The topological polar surface area (TPSA) is 53.5 Å². The van der Waals surface area contributed by atoms with Gasteiger partial charge in [-0.1, -0.05) is 100 Å². The maximum atomic E-state index is 4.81. The molecule has 6 nitrogen and oxygen atoms in total. The normalized spacial score (nSPS) is 12.1. The molecule has 6 heteroatoms. The predicted octanol–water partition coefficient (Wildman–Crippen LogP) is 11.1. The molecule has 5 aromatic carbocycles. The van der Waals surface area contributed by atoms with Gasteiger partial charge >= 0.3 is 0 Å². The van der Waals surface area contributed by atoms with E-state index in [1.165, 1.54) is 38.4 Å². The first kappa shape index (κ1) is 30.1. The molecule has 0 spiro atoms. The fraction of sp³-hybridized carbons (Fsp3) is 0.159. The molecule has 0 N–H and O–H groups in total. The summed E-state index contributed by atoms with van der Waals surface area (Å²) in [5.41, 5.74) is 10.4. The van der Waals surface area contributed by atoms with E-state index in [1.807, 2.05) is 18.3 Å². The number of pyridine rings is 1. The third-order valence-electron chi connectivity index (χ3n) is 10.1. The van der Waals surface area contributed by atoms with Gasteiger partial charge in [0.25, 0.3) is 0 Å². The highest BCUT2D eigenvalue weighted by molar-refractivity contribution is 6.19. The third-order valence-corrected chi connectivity index (χ3v) is 10.1. The minimum atomic E-state index is 0.348. The van der Waals surface area contributed by atoms with Crippen LogP contribution in [0.25, 0.3) is 72.2 Å². The summed E-state index contributed by atoms with van der Waals surface area (Å²) in [6, 6.07) is 43.6. The van der Waals surface area contributed by atoms with Crippen LogP contribution >= 0.6 is 0 Å². The lowest BCUT2D eigenvalue weighted by molar-refractivity contribution is 0.799. The Morgan fingerprint density at radius 3 is 1.78 bits per heavy atom. The second-order valence-electron chi connectivity index (χ2n) is 13.8. The van der Waals surface area contributed by atoms with Crippen LogP contribution in [0.5, 0.6) is 0 Å². The number of nitrogens with zero attached hydrogens (tertiary/aromatic N) is 6. The van der Waals surface area contributed by atoms with Crippen LogP contribution < -0.4 is 0 Å². The van der Waals surface area contributed by atoms with Gasteiger partial charge in [0.15, 0.2) is 5.82 Å². The molecule has 0 aliphatic carbocycles. The largest absolute Gasteiger partial charge is 0.309 e. The quantitative estimate of drug-likeness (QED) is 0.180. The Kier molecular flexibility index (Phi) is 6.95. The van der Waals surface area contributed by atoms with E-state index in [0.29, 0.717) is 11.8 Å². The molecule has 0 atom stereocenters. The van der Waals surface area contributed by atoms with Crippen molar-refractivity contribution in [3.05, 3.63) is 144 Å². The maximum Gasteiger partial charge on any atom is 0.168 e. The number of benzene rings is 5. The van der Waals surface area contributed by atoms with Crippen LogP contribution in [0.3, 0.4) is 0 Å². The van der Waals surface area contributed by atoms with Gasteiger partial charge in [-0.2, -0.15) is 0 Å². The van der Waals surface area contributed by atoms with E-state index in [4.69, 9.17) is 10.1 Å². The zero-order chi connectivity index (χ0) is 34.1. The number of fused-ring (bicyclic) bond motifs is 6. The van der Waals surface area contributed by atoms with Crippen LogP contribution in [0.15, 0.2) is 128 Å². The Morgan fingerprint density at radius 1 is 0.500 bits per heavy atom. The highest BCUT2D eigenvalue weighted by Crippen LogP contribution is 2.40. The standard InChI is InChI=1S/C44H38N6/c1-27(2)32-18-13-19-33(28(3)4)43(32)48-29(5)46-47-44(48)30-14-12-15-31(24-30)49-38-20-8-6-16-34(38)36-25-37-35-17-7-9-21-39(35)50(41(37)26-40(36)49)42-22-10-11-23-45-42/h6-28H,1-5H3. The highest BCUT2D eigenvalue weighted by Gasteiger charge is 2.23. The Labute approximate surface area is 291 Å². The van der Waals surface area contributed by atoms with Gasteiger partial charge in [0.05, 0.1) is 27.8 Å². The molecule has 0 saturated heterocycles. The summed E-state index contributed by atoms with van der Waals surface area (Å²) < 4.78 is 6.94. The van der Waals surface area contributed by atoms with E-state index in [9.17, 15) is 0 Å². The molecule has 0 aliphatic rings. The van der Waals surface area contributed by atoms with Gasteiger partial charge in [-0.25, -0.2) is 4.98 Å². The van der Waals surface area contributed by atoms with Gasteiger partial charge < -0.3 is 4.57 Å². The van der Waals surface area contributed by atoms with Gasteiger partial charge in [0.1, 0.15) is 11.6 Å². The van der Waals surface area contributed by atoms with Crippen LogP contribution in [0, 0.1) is 6.92 Å². The number of para-hydroxylation sites is 3. The van der Waals surface area contributed by atoms with E-state index in [1.54, 1.807) is 0 Å². The van der Waals surface area contributed by atoms with Crippen molar-refractivity contribution in [2.24, 2.45) is 0 Å². The Hall–Kier alpha value is -6.01. The lowest BCUT2D eigenvalue weighted by Crippen LogP contribution is -2.10. The van der Waals surface area contributed by atoms with Gasteiger partial charge in [-0.15, -0.1) is 10.2 Å². The molecule has 0 saturated carbocycles. The summed E-state index contributed by atoms with van der Waals surface area (Å²) >= 11 is 0. The number of rotatable bonds is 6. The summed E-state index contributed by atoms with van der Waals surface area (Å²) in [6.45, 7) is 11.1. The molecule has 0 fully saturated rings. The minimum absolute atomic E-state index is 0.348. The van der Waals surface area contributed by atoms with Crippen LogP contribution in [-0.2, 0) is 0 Å². The molecule has 0 bridgehead atoms. The zero-order valence-corrected chi connectivity index (χ0v) is 29.0. The summed E-state index contributed by atoms with van der Waals surface area (Å²) in [7, 11) is 0. The first-order valence-electron chi connectivity index (χ1n) is 17.4. The second kappa shape index (κ2) is 11.6. The minimum Gasteiger partial charge on any atom is -0.309 e. The van der Waals surface area contributed by atoms with Gasteiger partial charge in [-0.05, 0) is 78.4 Å². The smallest absolute Gasteiger partial charge is 0.168 e. The summed E-state index contributed by atoms with van der Waals surface area (Å²) in [6.07, 6.45) is 1.86. The SMILES string of the molecule is Cc1nnc(-c2cccc(-n3c4ccccc4c4cc5c6ccccc6n(-c6ccccn6)c5cc43)c2)n1-c1c(C(C)C)cccc1C(C)C. The molecular formula is C44H38N6. The molecule has 0 radical (unpaired) electrons. The van der Waals surface area contributed by atoms with E-state index in [0.717, 1.165) is 50.8 Å². The van der Waals surface area contributed by atoms with Crippen molar-refractivity contribution < 1.29 is 0 Å². The first-order chi connectivity index (χ1) is 24.4. The molecule has 244 valence electrons. The highest BCUT2D eigenvalue weighted by atomic mass is 15.3. The third kappa shape index (κ3) is 4.52. The van der Waals surface area contributed by atoms with Crippen molar-refractivity contribution in [3.63, 3.8) is 0 Å². The summed E-state index contributed by atoms with van der Waals surface area (Å²) in [5, 5.41) is 14.3. The Morgan fingerprint density at radius 2 is 1.12 bits per heavy atom. The predicted molar refractivity (Wildman–Crippen MR) is 206 cm³/mol. The fourth-order valence-electron chi connectivity index (χ4n) is 7.81. The lowest BCUT2D eigenvalue weighted by Gasteiger charge is -2.22. The molecule has 4 aromatic heterocycles. The van der Waals surface area contributed by atoms with E-state index < -0.39 is 0 Å². The molecular weight excluding hydrogens is 613 g/mol. The van der Waals surface area contributed by atoms with Gasteiger partial charge in [-0.3, -0.25) is 9.13 Å². The number of aromatic nitrogens is 6. The van der Waals surface area contributed by atoms with E-state index in [2.05, 4.69) is 163 Å². The van der Waals surface area contributed by atoms with E-state index in [-0.39, 0.29) is 0 Å². The first-order valence-corrected chi connectivity index (χ1v) is 17.4. The molecule has 9 aromatic rings. The second-order valence-corrected chi connectivity index (χ2v) is 13.8. The Bertz CT molecular complexity index is 2700.